The Hall–Kier alpha value is -3.11. The number of nitrogens with zero attached hydrogens (tertiary/aromatic N) is 1. The van der Waals surface area contributed by atoms with E-state index in [-0.39, 0.29) is 0 Å². The average molecular weight is 383 g/mol. The maximum absolute atomic E-state index is 10.6. The molecule has 0 atom stereocenters. The van der Waals surface area contributed by atoms with Gasteiger partial charge in [-0.25, -0.2) is 4.79 Å². The molecule has 0 bridgehead atoms. The van der Waals surface area contributed by atoms with E-state index in [1.807, 2.05) is 48.8 Å². The van der Waals surface area contributed by atoms with Gasteiger partial charge in [-0.05, 0) is 0 Å². The van der Waals surface area contributed by atoms with Gasteiger partial charge >= 0.3 is 18.3 Å². The minimum Gasteiger partial charge on any atom is -0.542 e. The van der Waals surface area contributed by atoms with Gasteiger partial charge in [0, 0.05) is 24.3 Å². The maximum Gasteiger partial charge on any atom is 0.490 e. The van der Waals surface area contributed by atoms with Crippen molar-refractivity contribution in [3.05, 3.63) is 60.9 Å². The van der Waals surface area contributed by atoms with Gasteiger partial charge in [0.2, 0.25) is 5.69 Å². The predicted molar refractivity (Wildman–Crippen MR) is 72.7 cm³/mol. The van der Waals surface area contributed by atoms with Gasteiger partial charge in [-0.1, -0.05) is 24.3 Å². The molecule has 1 N–H and O–H groups in total. The third kappa shape index (κ3) is 9.90. The number of rotatable bonds is 1. The van der Waals surface area contributed by atoms with Crippen molar-refractivity contribution >= 4 is 11.9 Å². The zero-order valence-electron chi connectivity index (χ0n) is 12.7. The van der Waals surface area contributed by atoms with Crippen LogP contribution in [0.1, 0.15) is 0 Å². The van der Waals surface area contributed by atoms with Gasteiger partial charge in [0.15, 0.2) is 12.4 Å². The SMILES string of the molecule is O=C(O)C(F)(F)F.O=C([O-])C(F)(F)F.c1ccc(-[n+]2ccccc2)cc1. The van der Waals surface area contributed by atoms with E-state index in [2.05, 4.69) is 16.7 Å². The molecule has 1 heterocycles. The first-order chi connectivity index (χ1) is 11.9. The van der Waals surface area contributed by atoms with Crippen LogP contribution in [0.5, 0.6) is 0 Å². The molecular formula is C15H11F6NO4. The van der Waals surface area contributed by atoms with E-state index in [0.717, 1.165) is 0 Å². The molecule has 2 aromatic rings. The second-order valence-electron chi connectivity index (χ2n) is 4.21. The number of para-hydroxylation sites is 1. The fourth-order valence-electron chi connectivity index (χ4n) is 1.17. The number of aliphatic carboxylic acids is 2. The van der Waals surface area contributed by atoms with E-state index in [0.29, 0.717) is 0 Å². The molecule has 0 radical (unpaired) electrons. The lowest BCUT2D eigenvalue weighted by Gasteiger charge is -2.03. The fourth-order valence-corrected chi connectivity index (χ4v) is 1.17. The molecule has 11 heteroatoms. The first-order valence-electron chi connectivity index (χ1n) is 6.45. The molecule has 0 saturated heterocycles. The van der Waals surface area contributed by atoms with Crippen molar-refractivity contribution in [2.45, 2.75) is 12.4 Å². The van der Waals surface area contributed by atoms with Crippen LogP contribution in [0.2, 0.25) is 0 Å². The van der Waals surface area contributed by atoms with Crippen LogP contribution in [-0.2, 0) is 9.59 Å². The Labute approximate surface area is 142 Å². The fraction of sp³-hybridized carbons (Fsp3) is 0.133. The Bertz CT molecular complexity index is 625. The van der Waals surface area contributed by atoms with Crippen molar-refractivity contribution in [2.75, 3.05) is 0 Å². The number of carbonyl (C=O) groups excluding carboxylic acids is 1. The number of pyridine rings is 1. The number of carbonyl (C=O) groups is 2. The standard InChI is InChI=1S/C11H10N.2C2HF3O2/c1-3-7-11(8-4-1)12-9-5-2-6-10-12;2*3-2(4,5)1(6)7/h1-10H;2*(H,6,7)/q+1;;/p-1. The monoisotopic (exact) mass is 383 g/mol. The molecule has 1 aromatic carbocycles. The van der Waals surface area contributed by atoms with Crippen LogP contribution in [0.4, 0.5) is 26.3 Å². The van der Waals surface area contributed by atoms with Crippen LogP contribution in [0.3, 0.4) is 0 Å². The average Bonchev–Trinajstić information content (AvgIpc) is 2.56. The van der Waals surface area contributed by atoms with E-state index in [4.69, 9.17) is 19.8 Å². The van der Waals surface area contributed by atoms with E-state index in [1.165, 1.54) is 5.69 Å². The Morgan fingerprint density at radius 2 is 1.15 bits per heavy atom. The summed E-state index contributed by atoms with van der Waals surface area (Å²) >= 11 is 0. The zero-order valence-corrected chi connectivity index (χ0v) is 12.7. The number of carboxylic acid groups (broad SMARTS) is 2. The van der Waals surface area contributed by atoms with E-state index >= 15 is 0 Å². The molecule has 142 valence electrons. The molecule has 0 saturated carbocycles. The topological polar surface area (TPSA) is 81.3 Å². The normalized spacial score (nSPS) is 10.5. The number of aromatic nitrogens is 1. The highest BCUT2D eigenvalue weighted by Gasteiger charge is 2.38. The van der Waals surface area contributed by atoms with Gasteiger partial charge in [0.05, 0.1) is 0 Å². The van der Waals surface area contributed by atoms with Crippen LogP contribution in [-0.4, -0.2) is 29.4 Å². The summed E-state index contributed by atoms with van der Waals surface area (Å²) in [4.78, 5) is 17.7. The second kappa shape index (κ2) is 10.0. The van der Waals surface area contributed by atoms with Gasteiger partial charge in [0.25, 0.3) is 0 Å². The Morgan fingerprint density at radius 1 is 0.808 bits per heavy atom. The molecule has 1 aromatic heterocycles. The molecule has 0 spiro atoms. The smallest absolute Gasteiger partial charge is 0.490 e. The first kappa shape index (κ1) is 22.9. The summed E-state index contributed by atoms with van der Waals surface area (Å²) in [5.74, 6) is -5.76. The zero-order chi connectivity index (χ0) is 20.4. The van der Waals surface area contributed by atoms with Gasteiger partial charge in [-0.3, -0.25) is 0 Å². The molecule has 0 aliphatic heterocycles. The maximum atomic E-state index is 10.6. The first-order valence-corrected chi connectivity index (χ1v) is 6.45. The van der Waals surface area contributed by atoms with E-state index in [9.17, 15) is 26.3 Å². The quantitative estimate of drug-likeness (QED) is 0.603. The number of hydrogen-bond donors (Lipinski definition) is 1. The minimum atomic E-state index is -5.19. The van der Waals surface area contributed by atoms with Gasteiger partial charge in [-0.2, -0.15) is 30.9 Å². The Morgan fingerprint density at radius 3 is 1.46 bits per heavy atom. The summed E-state index contributed by atoms with van der Waals surface area (Å²) in [6.45, 7) is 0. The third-order valence-electron chi connectivity index (χ3n) is 2.24. The Kier molecular flexibility index (Phi) is 8.81. The molecule has 0 unspecified atom stereocenters. The summed E-state index contributed by atoms with van der Waals surface area (Å²) in [7, 11) is 0. The lowest BCUT2D eigenvalue weighted by Crippen LogP contribution is -2.37. The summed E-state index contributed by atoms with van der Waals surface area (Å²) in [6.07, 6.45) is -6.20. The largest absolute Gasteiger partial charge is 0.542 e. The van der Waals surface area contributed by atoms with Crippen molar-refractivity contribution in [2.24, 2.45) is 0 Å². The van der Waals surface area contributed by atoms with Gasteiger partial charge < -0.3 is 15.0 Å². The predicted octanol–water partition coefficient (Wildman–Crippen LogP) is 1.90. The Balaban J connectivity index is 0.000000390. The number of alkyl halides is 6. The van der Waals surface area contributed by atoms with Crippen LogP contribution in [0.25, 0.3) is 5.69 Å². The number of halogens is 6. The summed E-state index contributed by atoms with van der Waals surface area (Å²) in [6, 6.07) is 16.3. The highest BCUT2D eigenvalue weighted by molar-refractivity contribution is 5.73. The van der Waals surface area contributed by atoms with Crippen molar-refractivity contribution in [3.8, 4) is 5.69 Å². The molecule has 5 nitrogen and oxygen atoms in total. The highest BCUT2D eigenvalue weighted by Crippen LogP contribution is 2.13. The molecule has 0 fully saturated rings. The minimum absolute atomic E-state index is 1.19. The van der Waals surface area contributed by atoms with Crippen molar-refractivity contribution in [1.29, 1.82) is 0 Å². The number of carboxylic acids is 2. The van der Waals surface area contributed by atoms with Crippen LogP contribution >= 0.6 is 0 Å². The van der Waals surface area contributed by atoms with Crippen molar-refractivity contribution in [3.63, 3.8) is 0 Å². The van der Waals surface area contributed by atoms with Crippen molar-refractivity contribution in [1.82, 2.24) is 0 Å². The third-order valence-corrected chi connectivity index (χ3v) is 2.24. The second-order valence-corrected chi connectivity index (χ2v) is 4.21. The van der Waals surface area contributed by atoms with E-state index < -0.39 is 24.3 Å². The van der Waals surface area contributed by atoms with E-state index in [1.54, 1.807) is 0 Å². The lowest BCUT2D eigenvalue weighted by atomic mass is 10.3. The van der Waals surface area contributed by atoms with Gasteiger partial charge in [0.1, 0.15) is 5.97 Å². The van der Waals surface area contributed by atoms with Gasteiger partial charge in [-0.15, -0.1) is 0 Å². The van der Waals surface area contributed by atoms with Crippen LogP contribution in [0.15, 0.2) is 60.9 Å². The van der Waals surface area contributed by atoms with Crippen LogP contribution < -0.4 is 9.67 Å². The van der Waals surface area contributed by atoms with Crippen molar-refractivity contribution < 1.29 is 50.7 Å². The number of hydrogen-bond acceptors (Lipinski definition) is 3. The summed E-state index contributed by atoms with van der Waals surface area (Å²) in [5.41, 5.74) is 1.19. The molecule has 26 heavy (non-hydrogen) atoms. The molecule has 0 amide bonds. The highest BCUT2D eigenvalue weighted by atomic mass is 19.4. The summed E-state index contributed by atoms with van der Waals surface area (Å²) in [5, 5.41) is 15.9. The molecule has 2 rings (SSSR count). The molecule has 0 aliphatic rings. The molecule has 0 aliphatic carbocycles. The molecular weight excluding hydrogens is 372 g/mol. The summed E-state index contributed by atoms with van der Waals surface area (Å²) < 4.78 is 65.4. The number of benzene rings is 1. The van der Waals surface area contributed by atoms with Crippen LogP contribution in [0, 0.1) is 0 Å². The lowest BCUT2D eigenvalue weighted by molar-refractivity contribution is -0.595.